The van der Waals surface area contributed by atoms with Crippen molar-refractivity contribution in [2.75, 3.05) is 33.2 Å². The van der Waals surface area contributed by atoms with E-state index >= 15 is 0 Å². The summed E-state index contributed by atoms with van der Waals surface area (Å²) in [5, 5.41) is 2.88. The minimum absolute atomic E-state index is 0.349. The Bertz CT molecular complexity index is 251. The van der Waals surface area contributed by atoms with E-state index in [2.05, 4.69) is 10.3 Å². The molecule has 0 rings (SSSR count). The molecule has 0 unspecified atom stereocenters. The normalized spacial score (nSPS) is 13.4. The highest BCUT2D eigenvalue weighted by atomic mass is 19.4. The van der Waals surface area contributed by atoms with Crippen LogP contribution < -0.4 is 11.1 Å². The van der Waals surface area contributed by atoms with E-state index in [0.29, 0.717) is 37.9 Å². The summed E-state index contributed by atoms with van der Waals surface area (Å²) in [7, 11) is 1.45. The molecule has 0 atom stereocenters. The van der Waals surface area contributed by atoms with Crippen molar-refractivity contribution in [2.45, 2.75) is 26.4 Å². The van der Waals surface area contributed by atoms with Crippen molar-refractivity contribution >= 4 is 5.96 Å². The van der Waals surface area contributed by atoms with E-state index in [-0.39, 0.29) is 0 Å². The van der Waals surface area contributed by atoms with Crippen LogP contribution in [0.4, 0.5) is 13.2 Å². The number of nitrogens with one attached hydrogen (secondary N) is 1. The average Bonchev–Trinajstić information content (AvgIpc) is 2.19. The lowest BCUT2D eigenvalue weighted by Crippen LogP contribution is -2.36. The van der Waals surface area contributed by atoms with Crippen LogP contribution in [-0.4, -0.2) is 50.3 Å². The first-order valence-corrected chi connectivity index (χ1v) is 6.00. The molecule has 0 spiro atoms. The third-order valence-electron chi connectivity index (χ3n) is 2.10. The molecule has 0 aromatic rings. The monoisotopic (exact) mass is 268 g/mol. The molecule has 0 aromatic heterocycles. The first-order valence-electron chi connectivity index (χ1n) is 6.00. The molecule has 0 aromatic carbocycles. The van der Waals surface area contributed by atoms with Crippen molar-refractivity contribution in [2.24, 2.45) is 16.6 Å². The molecule has 0 amide bonds. The number of hydrogen-bond donors (Lipinski definition) is 2. The minimum atomic E-state index is -4.14. The van der Waals surface area contributed by atoms with Crippen LogP contribution >= 0.6 is 0 Å². The van der Waals surface area contributed by atoms with Crippen LogP contribution in [0.2, 0.25) is 0 Å². The van der Waals surface area contributed by atoms with Gasteiger partial charge in [0, 0.05) is 13.1 Å². The summed E-state index contributed by atoms with van der Waals surface area (Å²) < 4.78 is 36.1. The number of aliphatic imine (C=N–C) groups is 1. The SMILES string of the molecule is CC(C)CN=C(N)NCCCN(C)CC(F)(F)F. The van der Waals surface area contributed by atoms with E-state index in [9.17, 15) is 13.2 Å². The minimum Gasteiger partial charge on any atom is -0.370 e. The van der Waals surface area contributed by atoms with E-state index in [1.807, 2.05) is 13.8 Å². The largest absolute Gasteiger partial charge is 0.401 e. The van der Waals surface area contributed by atoms with Gasteiger partial charge in [0.05, 0.1) is 6.54 Å². The molecule has 0 saturated heterocycles. The fraction of sp³-hybridized carbons (Fsp3) is 0.909. The molecule has 7 heteroatoms. The molecule has 108 valence electrons. The van der Waals surface area contributed by atoms with Crippen LogP contribution in [0, 0.1) is 5.92 Å². The number of nitrogens with two attached hydrogens (primary N) is 1. The quantitative estimate of drug-likeness (QED) is 0.417. The Kier molecular flexibility index (Phi) is 7.73. The molecule has 0 heterocycles. The second-order valence-electron chi connectivity index (χ2n) is 4.75. The van der Waals surface area contributed by atoms with Gasteiger partial charge in [-0.3, -0.25) is 9.89 Å². The zero-order valence-electron chi connectivity index (χ0n) is 11.2. The van der Waals surface area contributed by atoms with Gasteiger partial charge in [-0.25, -0.2) is 0 Å². The summed E-state index contributed by atoms with van der Waals surface area (Å²) in [4.78, 5) is 5.33. The molecule has 0 aliphatic rings. The second kappa shape index (κ2) is 8.18. The van der Waals surface area contributed by atoms with E-state index in [1.54, 1.807) is 0 Å². The first kappa shape index (κ1) is 17.0. The predicted octanol–water partition coefficient (Wildman–Crippen LogP) is 1.43. The Hall–Kier alpha value is -0.980. The van der Waals surface area contributed by atoms with Gasteiger partial charge in [0.1, 0.15) is 0 Å². The number of rotatable bonds is 7. The number of alkyl halides is 3. The molecular formula is C11H23F3N4. The molecule has 0 saturated carbocycles. The van der Waals surface area contributed by atoms with Gasteiger partial charge in [0.2, 0.25) is 0 Å². The lowest BCUT2D eigenvalue weighted by atomic mass is 10.2. The molecular weight excluding hydrogens is 245 g/mol. The maximum atomic E-state index is 12.0. The molecule has 18 heavy (non-hydrogen) atoms. The van der Waals surface area contributed by atoms with Gasteiger partial charge in [-0.2, -0.15) is 13.2 Å². The van der Waals surface area contributed by atoms with Crippen LogP contribution in [0.15, 0.2) is 4.99 Å². The van der Waals surface area contributed by atoms with Gasteiger partial charge < -0.3 is 11.1 Å². The van der Waals surface area contributed by atoms with Crippen LogP contribution in [0.5, 0.6) is 0 Å². The van der Waals surface area contributed by atoms with Crippen molar-refractivity contribution < 1.29 is 13.2 Å². The standard InChI is InChI=1S/C11H23F3N4/c1-9(2)7-17-10(15)16-5-4-6-18(3)8-11(12,13)14/h9H,4-8H2,1-3H3,(H3,15,16,17). The van der Waals surface area contributed by atoms with Crippen molar-refractivity contribution in [3.63, 3.8) is 0 Å². The van der Waals surface area contributed by atoms with Crippen molar-refractivity contribution in [3.8, 4) is 0 Å². The van der Waals surface area contributed by atoms with Crippen LogP contribution in [0.1, 0.15) is 20.3 Å². The first-order chi connectivity index (χ1) is 8.20. The smallest absolute Gasteiger partial charge is 0.370 e. The second-order valence-corrected chi connectivity index (χ2v) is 4.75. The third-order valence-corrected chi connectivity index (χ3v) is 2.10. The highest BCUT2D eigenvalue weighted by Gasteiger charge is 2.28. The summed E-state index contributed by atoms with van der Waals surface area (Å²) in [5.41, 5.74) is 5.59. The molecule has 4 nitrogen and oxygen atoms in total. The van der Waals surface area contributed by atoms with E-state index < -0.39 is 12.7 Å². The molecule has 0 aliphatic carbocycles. The zero-order chi connectivity index (χ0) is 14.2. The molecule has 0 radical (unpaired) electrons. The average molecular weight is 268 g/mol. The van der Waals surface area contributed by atoms with Gasteiger partial charge >= 0.3 is 6.18 Å². The van der Waals surface area contributed by atoms with Crippen molar-refractivity contribution in [3.05, 3.63) is 0 Å². The predicted molar refractivity (Wildman–Crippen MR) is 67.5 cm³/mol. The number of halogens is 3. The maximum Gasteiger partial charge on any atom is 0.401 e. The summed E-state index contributed by atoms with van der Waals surface area (Å²) in [6.45, 7) is 4.71. The van der Waals surface area contributed by atoms with Crippen molar-refractivity contribution in [1.29, 1.82) is 0 Å². The zero-order valence-corrected chi connectivity index (χ0v) is 11.2. The number of guanidine groups is 1. The van der Waals surface area contributed by atoms with Crippen LogP contribution in [-0.2, 0) is 0 Å². The van der Waals surface area contributed by atoms with E-state index in [0.717, 1.165) is 0 Å². The van der Waals surface area contributed by atoms with Crippen LogP contribution in [0.3, 0.4) is 0 Å². The third kappa shape index (κ3) is 11.5. The molecule has 0 bridgehead atoms. The highest BCUT2D eigenvalue weighted by Crippen LogP contribution is 2.15. The van der Waals surface area contributed by atoms with Crippen molar-refractivity contribution in [1.82, 2.24) is 10.2 Å². The fourth-order valence-corrected chi connectivity index (χ4v) is 1.29. The van der Waals surface area contributed by atoms with E-state index in [1.165, 1.54) is 11.9 Å². The van der Waals surface area contributed by atoms with E-state index in [4.69, 9.17) is 5.73 Å². The lowest BCUT2D eigenvalue weighted by Gasteiger charge is -2.18. The molecule has 3 N–H and O–H groups in total. The Balaban J connectivity index is 3.64. The number of nitrogens with zero attached hydrogens (tertiary/aromatic N) is 2. The van der Waals surface area contributed by atoms with Crippen LogP contribution in [0.25, 0.3) is 0 Å². The summed E-state index contributed by atoms with van der Waals surface area (Å²) in [6.07, 6.45) is -3.55. The fourth-order valence-electron chi connectivity index (χ4n) is 1.29. The van der Waals surface area contributed by atoms with Gasteiger partial charge in [0.15, 0.2) is 5.96 Å². The topological polar surface area (TPSA) is 53.6 Å². The highest BCUT2D eigenvalue weighted by molar-refractivity contribution is 5.77. The molecule has 0 aliphatic heterocycles. The van der Waals surface area contributed by atoms with Gasteiger partial charge in [-0.15, -0.1) is 0 Å². The summed E-state index contributed by atoms with van der Waals surface area (Å²) in [6, 6.07) is 0. The summed E-state index contributed by atoms with van der Waals surface area (Å²) >= 11 is 0. The lowest BCUT2D eigenvalue weighted by molar-refractivity contribution is -0.143. The Morgan fingerprint density at radius 2 is 2.00 bits per heavy atom. The Morgan fingerprint density at radius 3 is 2.50 bits per heavy atom. The summed E-state index contributed by atoms with van der Waals surface area (Å²) in [5.74, 6) is 0.783. The van der Waals surface area contributed by atoms with Gasteiger partial charge in [-0.1, -0.05) is 13.8 Å². The molecule has 0 fully saturated rings. The Labute approximate surface area is 106 Å². The Morgan fingerprint density at radius 1 is 1.39 bits per heavy atom. The number of hydrogen-bond acceptors (Lipinski definition) is 2. The van der Waals surface area contributed by atoms with Gasteiger partial charge in [-0.05, 0) is 25.9 Å². The van der Waals surface area contributed by atoms with Gasteiger partial charge in [0.25, 0.3) is 0 Å². The maximum absolute atomic E-state index is 12.0.